The summed E-state index contributed by atoms with van der Waals surface area (Å²) >= 11 is 0. The second-order valence-corrected chi connectivity index (χ2v) is 3.17. The van der Waals surface area contributed by atoms with E-state index in [1.165, 1.54) is 6.08 Å². The van der Waals surface area contributed by atoms with E-state index in [1.54, 1.807) is 7.05 Å². The Morgan fingerprint density at radius 1 is 1.47 bits per heavy atom. The maximum Gasteiger partial charge on any atom is 0.320 e. The molecule has 0 spiro atoms. The average Bonchev–Trinajstić information content (AvgIpc) is 2.22. The lowest BCUT2D eigenvalue weighted by molar-refractivity contribution is -0.139. The molecule has 0 aliphatic rings. The summed E-state index contributed by atoms with van der Waals surface area (Å²) in [6, 6.07) is -0.500. The summed E-state index contributed by atoms with van der Waals surface area (Å²) in [6.07, 6.45) is 3.31. The van der Waals surface area contributed by atoms with Crippen molar-refractivity contribution < 1.29 is 14.7 Å². The summed E-state index contributed by atoms with van der Waals surface area (Å²) in [6.45, 7) is 3.88. The van der Waals surface area contributed by atoms with Gasteiger partial charge in [-0.2, -0.15) is 0 Å². The van der Waals surface area contributed by atoms with Gasteiger partial charge in [0.25, 0.3) is 0 Å². The Balaban J connectivity index is 3.48. The van der Waals surface area contributed by atoms with Crippen molar-refractivity contribution in [3.05, 3.63) is 12.7 Å². The summed E-state index contributed by atoms with van der Waals surface area (Å²) in [7, 11) is 1.62. The SMILES string of the molecule is C=CC(=O)NCCCC[C@H](NC)C(=O)O. The molecule has 0 aromatic rings. The summed E-state index contributed by atoms with van der Waals surface area (Å²) in [5, 5.41) is 14.0. The molecular weight excluding hydrogens is 196 g/mol. The molecule has 86 valence electrons. The Labute approximate surface area is 89.6 Å². The zero-order chi connectivity index (χ0) is 11.7. The van der Waals surface area contributed by atoms with Gasteiger partial charge in [0.2, 0.25) is 5.91 Å². The van der Waals surface area contributed by atoms with Gasteiger partial charge >= 0.3 is 5.97 Å². The minimum absolute atomic E-state index is 0.196. The van der Waals surface area contributed by atoms with Crippen molar-refractivity contribution in [1.82, 2.24) is 10.6 Å². The molecule has 0 radical (unpaired) electrons. The molecule has 5 nitrogen and oxygen atoms in total. The summed E-state index contributed by atoms with van der Waals surface area (Å²) in [5.41, 5.74) is 0. The van der Waals surface area contributed by atoms with E-state index >= 15 is 0 Å². The highest BCUT2D eigenvalue weighted by atomic mass is 16.4. The second-order valence-electron chi connectivity index (χ2n) is 3.17. The second kappa shape index (κ2) is 7.99. The number of aliphatic carboxylic acids is 1. The standard InChI is InChI=1S/C10H18N2O3/c1-3-9(13)12-7-5-4-6-8(11-2)10(14)15/h3,8,11H,1,4-7H2,2H3,(H,12,13)(H,14,15)/t8-/m0/s1. The fourth-order valence-corrected chi connectivity index (χ4v) is 1.15. The molecule has 0 fully saturated rings. The Morgan fingerprint density at radius 2 is 2.13 bits per heavy atom. The van der Waals surface area contributed by atoms with E-state index in [0.717, 1.165) is 12.8 Å². The molecule has 0 bridgehead atoms. The monoisotopic (exact) mass is 214 g/mol. The van der Waals surface area contributed by atoms with Crippen LogP contribution in [0.25, 0.3) is 0 Å². The van der Waals surface area contributed by atoms with E-state index in [-0.39, 0.29) is 5.91 Å². The van der Waals surface area contributed by atoms with Crippen LogP contribution in [0.2, 0.25) is 0 Å². The average molecular weight is 214 g/mol. The van der Waals surface area contributed by atoms with E-state index in [0.29, 0.717) is 13.0 Å². The van der Waals surface area contributed by atoms with Gasteiger partial charge in [0, 0.05) is 6.54 Å². The third kappa shape index (κ3) is 6.68. The van der Waals surface area contributed by atoms with E-state index in [1.807, 2.05) is 0 Å². The normalized spacial score (nSPS) is 11.8. The Hall–Kier alpha value is -1.36. The molecule has 5 heteroatoms. The maximum absolute atomic E-state index is 10.7. The molecular formula is C10H18N2O3. The van der Waals surface area contributed by atoms with Crippen LogP contribution in [0.15, 0.2) is 12.7 Å². The number of nitrogens with one attached hydrogen (secondary N) is 2. The highest BCUT2D eigenvalue weighted by Crippen LogP contribution is 2.00. The van der Waals surface area contributed by atoms with Gasteiger partial charge in [0.15, 0.2) is 0 Å². The first-order valence-electron chi connectivity index (χ1n) is 4.92. The van der Waals surface area contributed by atoms with Crippen molar-refractivity contribution >= 4 is 11.9 Å². The molecule has 0 saturated heterocycles. The van der Waals surface area contributed by atoms with Gasteiger partial charge in [-0.15, -0.1) is 0 Å². The van der Waals surface area contributed by atoms with Crippen LogP contribution in [0, 0.1) is 0 Å². The van der Waals surface area contributed by atoms with Gasteiger partial charge in [-0.25, -0.2) is 0 Å². The van der Waals surface area contributed by atoms with Crippen molar-refractivity contribution in [2.24, 2.45) is 0 Å². The molecule has 0 saturated carbocycles. The first-order valence-corrected chi connectivity index (χ1v) is 4.92. The van der Waals surface area contributed by atoms with Crippen LogP contribution in [0.3, 0.4) is 0 Å². The topological polar surface area (TPSA) is 78.4 Å². The van der Waals surface area contributed by atoms with Crippen LogP contribution in [-0.2, 0) is 9.59 Å². The van der Waals surface area contributed by atoms with E-state index in [9.17, 15) is 9.59 Å². The van der Waals surface area contributed by atoms with Crippen LogP contribution in [0.4, 0.5) is 0 Å². The van der Waals surface area contributed by atoms with Gasteiger partial charge in [-0.3, -0.25) is 9.59 Å². The Morgan fingerprint density at radius 3 is 2.60 bits per heavy atom. The number of likely N-dealkylation sites (N-methyl/N-ethyl adjacent to an activating group) is 1. The lowest BCUT2D eigenvalue weighted by atomic mass is 10.1. The maximum atomic E-state index is 10.7. The molecule has 0 aliphatic heterocycles. The number of rotatable bonds is 8. The third-order valence-corrected chi connectivity index (χ3v) is 2.05. The van der Waals surface area contributed by atoms with E-state index < -0.39 is 12.0 Å². The molecule has 15 heavy (non-hydrogen) atoms. The summed E-state index contributed by atoms with van der Waals surface area (Å²) in [4.78, 5) is 21.3. The predicted octanol–water partition coefficient (Wildman–Crippen LogP) is 0.132. The summed E-state index contributed by atoms with van der Waals surface area (Å²) < 4.78 is 0. The van der Waals surface area contributed by atoms with Gasteiger partial charge in [0.1, 0.15) is 6.04 Å². The minimum atomic E-state index is -0.840. The smallest absolute Gasteiger partial charge is 0.320 e. The number of carbonyl (C=O) groups excluding carboxylic acids is 1. The van der Waals surface area contributed by atoms with E-state index in [2.05, 4.69) is 17.2 Å². The largest absolute Gasteiger partial charge is 0.480 e. The fourth-order valence-electron chi connectivity index (χ4n) is 1.15. The van der Waals surface area contributed by atoms with Crippen molar-refractivity contribution in [3.8, 4) is 0 Å². The molecule has 1 amide bonds. The molecule has 0 aliphatic carbocycles. The number of unbranched alkanes of at least 4 members (excludes halogenated alkanes) is 1. The number of carboxylic acids is 1. The molecule has 0 aromatic carbocycles. The van der Waals surface area contributed by atoms with Crippen LogP contribution in [-0.4, -0.2) is 36.6 Å². The zero-order valence-electron chi connectivity index (χ0n) is 8.95. The Bertz CT molecular complexity index is 229. The third-order valence-electron chi connectivity index (χ3n) is 2.05. The lowest BCUT2D eigenvalue weighted by Gasteiger charge is -2.10. The fraction of sp³-hybridized carbons (Fsp3) is 0.600. The quantitative estimate of drug-likeness (QED) is 0.396. The molecule has 3 N–H and O–H groups in total. The number of amides is 1. The van der Waals surface area contributed by atoms with Crippen molar-refractivity contribution in [2.75, 3.05) is 13.6 Å². The molecule has 0 rings (SSSR count). The first-order chi connectivity index (χ1) is 7.11. The minimum Gasteiger partial charge on any atom is -0.480 e. The van der Waals surface area contributed by atoms with Crippen molar-refractivity contribution in [2.45, 2.75) is 25.3 Å². The number of carboxylic acid groups (broad SMARTS) is 1. The van der Waals surface area contributed by atoms with Crippen LogP contribution < -0.4 is 10.6 Å². The highest BCUT2D eigenvalue weighted by molar-refractivity contribution is 5.86. The van der Waals surface area contributed by atoms with Crippen molar-refractivity contribution in [1.29, 1.82) is 0 Å². The summed E-state index contributed by atoms with van der Waals surface area (Å²) in [5.74, 6) is -1.04. The molecule has 0 heterocycles. The number of hydrogen-bond acceptors (Lipinski definition) is 3. The molecule has 0 aromatic heterocycles. The number of carbonyl (C=O) groups is 2. The van der Waals surface area contributed by atoms with E-state index in [4.69, 9.17) is 5.11 Å². The van der Waals surface area contributed by atoms with Crippen molar-refractivity contribution in [3.63, 3.8) is 0 Å². The van der Waals surface area contributed by atoms with Gasteiger partial charge in [-0.1, -0.05) is 6.58 Å². The van der Waals surface area contributed by atoms with Crippen LogP contribution in [0.5, 0.6) is 0 Å². The first kappa shape index (κ1) is 13.6. The van der Waals surface area contributed by atoms with Gasteiger partial charge < -0.3 is 15.7 Å². The molecule has 0 unspecified atom stereocenters. The van der Waals surface area contributed by atoms with Gasteiger partial charge in [-0.05, 0) is 32.4 Å². The zero-order valence-corrected chi connectivity index (χ0v) is 8.95. The van der Waals surface area contributed by atoms with Gasteiger partial charge in [0.05, 0.1) is 0 Å². The molecule has 1 atom stereocenters. The number of hydrogen-bond donors (Lipinski definition) is 3. The lowest BCUT2D eigenvalue weighted by Crippen LogP contribution is -2.33. The van der Waals surface area contributed by atoms with Crippen LogP contribution in [0.1, 0.15) is 19.3 Å². The Kier molecular flexibility index (Phi) is 7.27. The highest BCUT2D eigenvalue weighted by Gasteiger charge is 2.13. The predicted molar refractivity (Wildman–Crippen MR) is 57.5 cm³/mol. The van der Waals surface area contributed by atoms with Crippen LogP contribution >= 0.6 is 0 Å².